The van der Waals surface area contributed by atoms with E-state index in [4.69, 9.17) is 0 Å². The Kier molecular flexibility index (Phi) is 5.61. The SMILES string of the molecule is CN(Cc1ccc(F)cc1F)C(=O)c1cccc(NC(=O)c2cccs2)c1. The molecule has 1 aromatic heterocycles. The molecule has 0 aliphatic rings. The molecule has 0 unspecified atom stereocenters. The van der Waals surface area contributed by atoms with E-state index in [1.165, 1.54) is 29.4 Å². The molecule has 2 aromatic carbocycles. The van der Waals surface area contributed by atoms with Crippen LogP contribution in [0.4, 0.5) is 14.5 Å². The summed E-state index contributed by atoms with van der Waals surface area (Å²) in [4.78, 5) is 26.6. The van der Waals surface area contributed by atoms with E-state index in [0.717, 1.165) is 12.1 Å². The number of hydrogen-bond donors (Lipinski definition) is 1. The molecule has 4 nitrogen and oxygen atoms in total. The van der Waals surface area contributed by atoms with Crippen molar-refractivity contribution >= 4 is 28.8 Å². The fourth-order valence-corrected chi connectivity index (χ4v) is 3.15. The van der Waals surface area contributed by atoms with Gasteiger partial charge in [0.15, 0.2) is 0 Å². The Bertz CT molecular complexity index is 974. The highest BCUT2D eigenvalue weighted by Gasteiger charge is 2.15. The molecule has 0 atom stereocenters. The number of nitrogens with one attached hydrogen (secondary N) is 1. The van der Waals surface area contributed by atoms with Crippen molar-refractivity contribution in [2.75, 3.05) is 12.4 Å². The van der Waals surface area contributed by atoms with Gasteiger partial charge in [-0.3, -0.25) is 9.59 Å². The highest BCUT2D eigenvalue weighted by Crippen LogP contribution is 2.17. The number of nitrogens with zero attached hydrogens (tertiary/aromatic N) is 1. The maximum absolute atomic E-state index is 13.8. The molecule has 2 amide bonds. The molecule has 0 fully saturated rings. The van der Waals surface area contributed by atoms with Crippen molar-refractivity contribution in [1.29, 1.82) is 0 Å². The van der Waals surface area contributed by atoms with E-state index >= 15 is 0 Å². The number of carbonyl (C=O) groups excluding carboxylic acids is 2. The van der Waals surface area contributed by atoms with Gasteiger partial charge < -0.3 is 10.2 Å². The lowest BCUT2D eigenvalue weighted by atomic mass is 10.1. The molecule has 0 saturated carbocycles. The van der Waals surface area contributed by atoms with Gasteiger partial charge in [-0.25, -0.2) is 8.78 Å². The molecule has 1 N–H and O–H groups in total. The van der Waals surface area contributed by atoms with Crippen LogP contribution in [-0.4, -0.2) is 23.8 Å². The van der Waals surface area contributed by atoms with E-state index in [1.807, 2.05) is 0 Å². The molecule has 0 radical (unpaired) electrons. The normalized spacial score (nSPS) is 10.5. The highest BCUT2D eigenvalue weighted by atomic mass is 32.1. The number of amides is 2. The first kappa shape index (κ1) is 18.7. The number of carbonyl (C=O) groups is 2. The van der Waals surface area contributed by atoms with Crippen molar-refractivity contribution in [3.63, 3.8) is 0 Å². The third kappa shape index (κ3) is 4.57. The van der Waals surface area contributed by atoms with Gasteiger partial charge in [-0.15, -0.1) is 11.3 Å². The zero-order chi connectivity index (χ0) is 19.4. The highest BCUT2D eigenvalue weighted by molar-refractivity contribution is 7.12. The number of thiophene rings is 1. The molecule has 138 valence electrons. The van der Waals surface area contributed by atoms with Crippen LogP contribution in [0.5, 0.6) is 0 Å². The summed E-state index contributed by atoms with van der Waals surface area (Å²) in [5.74, 6) is -1.96. The van der Waals surface area contributed by atoms with Crippen molar-refractivity contribution in [2.45, 2.75) is 6.54 Å². The van der Waals surface area contributed by atoms with Crippen LogP contribution in [0.2, 0.25) is 0 Å². The van der Waals surface area contributed by atoms with Crippen LogP contribution < -0.4 is 5.32 Å². The van der Waals surface area contributed by atoms with Crippen LogP contribution in [0.3, 0.4) is 0 Å². The van der Waals surface area contributed by atoms with Crippen LogP contribution in [-0.2, 0) is 6.54 Å². The van der Waals surface area contributed by atoms with Crippen molar-refractivity contribution in [3.8, 4) is 0 Å². The quantitative estimate of drug-likeness (QED) is 0.699. The van der Waals surface area contributed by atoms with Gasteiger partial charge in [0.2, 0.25) is 0 Å². The Labute approximate surface area is 159 Å². The number of hydrogen-bond acceptors (Lipinski definition) is 3. The van der Waals surface area contributed by atoms with Gasteiger partial charge in [0, 0.05) is 36.5 Å². The van der Waals surface area contributed by atoms with Crippen molar-refractivity contribution in [1.82, 2.24) is 4.90 Å². The number of anilines is 1. The van der Waals surface area contributed by atoms with E-state index in [2.05, 4.69) is 5.32 Å². The van der Waals surface area contributed by atoms with Gasteiger partial charge in [0.25, 0.3) is 11.8 Å². The molecule has 3 rings (SSSR count). The number of halogens is 2. The van der Waals surface area contributed by atoms with E-state index in [9.17, 15) is 18.4 Å². The first-order valence-corrected chi connectivity index (χ1v) is 8.96. The Morgan fingerprint density at radius 2 is 1.89 bits per heavy atom. The van der Waals surface area contributed by atoms with E-state index in [0.29, 0.717) is 16.1 Å². The summed E-state index contributed by atoms with van der Waals surface area (Å²) in [7, 11) is 1.53. The fraction of sp³-hybridized carbons (Fsp3) is 0.100. The van der Waals surface area contributed by atoms with Gasteiger partial charge in [0.1, 0.15) is 11.6 Å². The Morgan fingerprint density at radius 1 is 1.07 bits per heavy atom. The molecule has 1 heterocycles. The number of rotatable bonds is 5. The third-order valence-electron chi connectivity index (χ3n) is 3.88. The zero-order valence-corrected chi connectivity index (χ0v) is 15.2. The smallest absolute Gasteiger partial charge is 0.265 e. The molecule has 27 heavy (non-hydrogen) atoms. The standard InChI is InChI=1S/C20H16F2N2O2S/c1-24(12-14-7-8-15(21)11-17(14)22)20(26)13-4-2-5-16(10-13)23-19(25)18-6-3-9-27-18/h2-11H,12H2,1H3,(H,23,25). The average molecular weight is 386 g/mol. The van der Waals surface area contributed by atoms with Gasteiger partial charge in [-0.2, -0.15) is 0 Å². The monoisotopic (exact) mass is 386 g/mol. The molecular formula is C20H16F2N2O2S. The first-order valence-electron chi connectivity index (χ1n) is 8.08. The van der Waals surface area contributed by atoms with Crippen LogP contribution >= 0.6 is 11.3 Å². The van der Waals surface area contributed by atoms with Crippen molar-refractivity contribution in [3.05, 3.63) is 87.6 Å². The minimum Gasteiger partial charge on any atom is -0.337 e. The summed E-state index contributed by atoms with van der Waals surface area (Å²) < 4.78 is 26.8. The van der Waals surface area contributed by atoms with Crippen LogP contribution in [0, 0.1) is 11.6 Å². The van der Waals surface area contributed by atoms with E-state index in [1.54, 1.807) is 41.8 Å². The predicted molar refractivity (Wildman–Crippen MR) is 101 cm³/mol. The molecule has 0 spiro atoms. The number of benzene rings is 2. The minimum absolute atomic E-state index is 0.00325. The topological polar surface area (TPSA) is 49.4 Å². The summed E-state index contributed by atoms with van der Waals surface area (Å²) in [5.41, 5.74) is 1.05. The van der Waals surface area contributed by atoms with Crippen LogP contribution in [0.25, 0.3) is 0 Å². The van der Waals surface area contributed by atoms with Crippen molar-refractivity contribution in [2.24, 2.45) is 0 Å². The Hall–Kier alpha value is -3.06. The zero-order valence-electron chi connectivity index (χ0n) is 14.4. The summed E-state index contributed by atoms with van der Waals surface area (Å²) in [6.45, 7) is -0.00325. The molecule has 7 heteroatoms. The van der Waals surface area contributed by atoms with Gasteiger partial charge in [-0.1, -0.05) is 18.2 Å². The Morgan fingerprint density at radius 3 is 2.59 bits per heavy atom. The van der Waals surface area contributed by atoms with E-state index < -0.39 is 11.6 Å². The summed E-state index contributed by atoms with van der Waals surface area (Å²) in [6.07, 6.45) is 0. The minimum atomic E-state index is -0.702. The summed E-state index contributed by atoms with van der Waals surface area (Å²) >= 11 is 1.32. The molecular weight excluding hydrogens is 370 g/mol. The molecule has 0 saturated heterocycles. The van der Waals surface area contributed by atoms with Crippen LogP contribution in [0.15, 0.2) is 60.0 Å². The summed E-state index contributed by atoms with van der Waals surface area (Å²) in [5, 5.41) is 4.55. The molecule has 3 aromatic rings. The average Bonchev–Trinajstić information content (AvgIpc) is 3.18. The second-order valence-electron chi connectivity index (χ2n) is 5.91. The second kappa shape index (κ2) is 8.09. The van der Waals surface area contributed by atoms with Gasteiger partial charge in [0.05, 0.1) is 4.88 Å². The fourth-order valence-electron chi connectivity index (χ4n) is 2.53. The van der Waals surface area contributed by atoms with E-state index in [-0.39, 0.29) is 23.9 Å². The van der Waals surface area contributed by atoms with Crippen LogP contribution in [0.1, 0.15) is 25.6 Å². The molecule has 0 aliphatic carbocycles. The third-order valence-corrected chi connectivity index (χ3v) is 4.75. The first-order chi connectivity index (χ1) is 12.9. The lowest BCUT2D eigenvalue weighted by Crippen LogP contribution is -2.26. The maximum atomic E-state index is 13.8. The molecule has 0 aliphatic heterocycles. The lowest BCUT2D eigenvalue weighted by Gasteiger charge is -2.18. The lowest BCUT2D eigenvalue weighted by molar-refractivity contribution is 0.0783. The van der Waals surface area contributed by atoms with Crippen molar-refractivity contribution < 1.29 is 18.4 Å². The molecule has 0 bridgehead atoms. The predicted octanol–water partition coefficient (Wildman–Crippen LogP) is 4.55. The van der Waals surface area contributed by atoms with Gasteiger partial charge >= 0.3 is 0 Å². The largest absolute Gasteiger partial charge is 0.337 e. The Balaban J connectivity index is 1.71. The maximum Gasteiger partial charge on any atom is 0.265 e. The summed E-state index contributed by atoms with van der Waals surface area (Å²) in [6, 6.07) is 13.2. The van der Waals surface area contributed by atoms with Gasteiger partial charge in [-0.05, 0) is 35.7 Å². The second-order valence-corrected chi connectivity index (χ2v) is 6.86.